The van der Waals surface area contributed by atoms with Gasteiger partial charge in [-0.1, -0.05) is 29.5 Å². The van der Waals surface area contributed by atoms with E-state index in [0.717, 1.165) is 0 Å². The molecule has 1 aromatic rings. The van der Waals surface area contributed by atoms with Crippen LogP contribution in [0, 0.1) is 6.07 Å². The van der Waals surface area contributed by atoms with E-state index in [2.05, 4.69) is 28.0 Å². The van der Waals surface area contributed by atoms with Crippen LogP contribution in [0.1, 0.15) is 0 Å². The van der Waals surface area contributed by atoms with Crippen molar-refractivity contribution in [2.24, 2.45) is 0 Å². The zero-order valence-electron chi connectivity index (χ0n) is 4.72. The Morgan fingerprint density at radius 1 is 1.50 bits per heavy atom. The summed E-state index contributed by atoms with van der Waals surface area (Å²) in [6, 6.07) is 11.4. The van der Waals surface area contributed by atoms with Crippen molar-refractivity contribution in [3.63, 3.8) is 0 Å². The third-order valence-electron chi connectivity index (χ3n) is 1.04. The standard InChI is InChI=1S/C6H8Si2/c7-8-6-4-2-1-3-5-6/h1-4H,7-8H2. The van der Waals surface area contributed by atoms with Crippen LogP contribution in [0.25, 0.3) is 0 Å². The average molecular weight is 136 g/mol. The highest BCUT2D eigenvalue weighted by Gasteiger charge is 1.81. The molecular formula is C6H8Si2. The van der Waals surface area contributed by atoms with Crippen molar-refractivity contribution in [3.05, 3.63) is 30.3 Å². The van der Waals surface area contributed by atoms with Crippen molar-refractivity contribution >= 4 is 24.0 Å². The van der Waals surface area contributed by atoms with Crippen LogP contribution >= 0.6 is 0 Å². The van der Waals surface area contributed by atoms with E-state index in [9.17, 15) is 0 Å². The molecule has 2 heteroatoms. The van der Waals surface area contributed by atoms with Crippen molar-refractivity contribution in [3.8, 4) is 0 Å². The van der Waals surface area contributed by atoms with Gasteiger partial charge in [-0.15, -0.1) is 0 Å². The molecule has 0 aliphatic rings. The summed E-state index contributed by atoms with van der Waals surface area (Å²) in [6.07, 6.45) is 0. The average Bonchev–Trinajstić information content (AvgIpc) is 1.90. The van der Waals surface area contributed by atoms with Crippen LogP contribution in [0.5, 0.6) is 0 Å². The lowest BCUT2D eigenvalue weighted by molar-refractivity contribution is 1.76. The number of benzene rings is 1. The highest BCUT2D eigenvalue weighted by molar-refractivity contribution is 6.97. The molecule has 0 atom stereocenters. The van der Waals surface area contributed by atoms with Gasteiger partial charge in [-0.3, -0.25) is 0 Å². The minimum Gasteiger partial charge on any atom is -0.0634 e. The second-order valence-corrected chi connectivity index (χ2v) is 4.40. The van der Waals surface area contributed by atoms with Crippen LogP contribution in [0.15, 0.2) is 24.3 Å². The Balaban J connectivity index is 2.83. The molecule has 40 valence electrons. The molecule has 1 aromatic carbocycles. The second-order valence-electron chi connectivity index (χ2n) is 1.64. The molecule has 0 bridgehead atoms. The maximum atomic E-state index is 3.19. The number of hydrogen-bond acceptors (Lipinski definition) is 0. The lowest BCUT2D eigenvalue weighted by Crippen LogP contribution is -2.12. The van der Waals surface area contributed by atoms with Gasteiger partial charge in [0.1, 0.15) is 0 Å². The molecule has 0 aliphatic heterocycles. The molecule has 0 unspecified atom stereocenters. The van der Waals surface area contributed by atoms with Crippen LogP contribution in [0.3, 0.4) is 0 Å². The summed E-state index contributed by atoms with van der Waals surface area (Å²) < 4.78 is 0. The van der Waals surface area contributed by atoms with Gasteiger partial charge < -0.3 is 0 Å². The van der Waals surface area contributed by atoms with Gasteiger partial charge >= 0.3 is 0 Å². The predicted octanol–water partition coefficient (Wildman–Crippen LogP) is -1.17. The molecule has 0 nitrogen and oxygen atoms in total. The van der Waals surface area contributed by atoms with Crippen molar-refractivity contribution in [1.29, 1.82) is 0 Å². The zero-order valence-corrected chi connectivity index (χ0v) is 7.55. The van der Waals surface area contributed by atoms with E-state index < -0.39 is 0 Å². The molecule has 0 spiro atoms. The molecule has 0 N–H and O–H groups in total. The first-order chi connectivity index (χ1) is 3.93. The largest absolute Gasteiger partial charge is 0.0634 e. The molecule has 2 radical (unpaired) electrons. The minimum atomic E-state index is 0.0635. The fraction of sp³-hybridized carbons (Fsp3) is 0. The second kappa shape index (κ2) is 2.84. The van der Waals surface area contributed by atoms with Crippen molar-refractivity contribution in [2.45, 2.75) is 0 Å². The molecule has 0 saturated carbocycles. The Labute approximate surface area is 55.0 Å². The van der Waals surface area contributed by atoms with Crippen LogP contribution in [-0.4, -0.2) is 18.8 Å². The lowest BCUT2D eigenvalue weighted by Gasteiger charge is -1.88. The first-order valence-electron chi connectivity index (χ1n) is 2.68. The van der Waals surface area contributed by atoms with E-state index in [1.54, 1.807) is 0 Å². The van der Waals surface area contributed by atoms with Gasteiger partial charge in [0.2, 0.25) is 0 Å². The minimum absolute atomic E-state index is 0.0635. The third-order valence-corrected chi connectivity index (χ3v) is 3.64. The van der Waals surface area contributed by atoms with Crippen molar-refractivity contribution < 1.29 is 0 Å². The number of hydrogen-bond donors (Lipinski definition) is 0. The first-order valence-corrected chi connectivity index (χ1v) is 7.39. The summed E-state index contributed by atoms with van der Waals surface area (Å²) in [5.41, 5.74) is 0. The van der Waals surface area contributed by atoms with E-state index in [1.807, 2.05) is 12.1 Å². The SMILES string of the molecule is [SiH2][SiH2]c1[c]cccc1. The lowest BCUT2D eigenvalue weighted by atomic mass is 10.4. The van der Waals surface area contributed by atoms with E-state index in [-0.39, 0.29) is 9.04 Å². The van der Waals surface area contributed by atoms with Gasteiger partial charge in [-0.2, -0.15) is 0 Å². The van der Waals surface area contributed by atoms with Gasteiger partial charge in [0.15, 0.2) is 0 Å². The summed E-state index contributed by atoms with van der Waals surface area (Å²) in [6.45, 7) is 0. The van der Waals surface area contributed by atoms with Gasteiger partial charge in [-0.05, 0) is 6.07 Å². The summed E-state index contributed by atoms with van der Waals surface area (Å²) >= 11 is 0. The molecule has 1 rings (SSSR count). The topological polar surface area (TPSA) is 0 Å². The van der Waals surface area contributed by atoms with Gasteiger partial charge in [-0.25, -0.2) is 0 Å². The predicted molar refractivity (Wildman–Crippen MR) is 42.0 cm³/mol. The first kappa shape index (κ1) is 5.78. The maximum absolute atomic E-state index is 3.19. The fourth-order valence-corrected chi connectivity index (χ4v) is 2.08. The quantitative estimate of drug-likeness (QED) is 0.427. The summed E-state index contributed by atoms with van der Waals surface area (Å²) in [5.74, 6) is 0. The zero-order chi connectivity index (χ0) is 5.82. The Kier molecular flexibility index (Phi) is 2.05. The normalized spacial score (nSPS) is 10.6. The van der Waals surface area contributed by atoms with Crippen molar-refractivity contribution in [2.75, 3.05) is 0 Å². The van der Waals surface area contributed by atoms with Crippen LogP contribution in [0.2, 0.25) is 0 Å². The molecule has 0 aliphatic carbocycles. The highest BCUT2D eigenvalue weighted by Crippen LogP contribution is 1.77. The van der Waals surface area contributed by atoms with E-state index >= 15 is 0 Å². The van der Waals surface area contributed by atoms with E-state index in [4.69, 9.17) is 0 Å². The van der Waals surface area contributed by atoms with Crippen LogP contribution < -0.4 is 5.19 Å². The van der Waals surface area contributed by atoms with Gasteiger partial charge in [0.25, 0.3) is 0 Å². The number of rotatable bonds is 1. The Bertz CT molecular complexity index is 148. The Morgan fingerprint density at radius 2 is 2.38 bits per heavy atom. The van der Waals surface area contributed by atoms with E-state index in [0.29, 0.717) is 0 Å². The monoisotopic (exact) mass is 136 g/mol. The maximum Gasteiger partial charge on any atom is 0.0398 e. The summed E-state index contributed by atoms with van der Waals surface area (Å²) in [4.78, 5) is 0. The van der Waals surface area contributed by atoms with Crippen LogP contribution in [-0.2, 0) is 0 Å². The fourth-order valence-electron chi connectivity index (χ4n) is 0.586. The molecule has 0 fully saturated rings. The highest BCUT2D eigenvalue weighted by atomic mass is 29.1. The van der Waals surface area contributed by atoms with Gasteiger partial charge in [0, 0.05) is 18.8 Å². The molecule has 0 saturated heterocycles. The van der Waals surface area contributed by atoms with E-state index in [1.165, 1.54) is 5.19 Å². The van der Waals surface area contributed by atoms with Crippen LogP contribution in [0.4, 0.5) is 0 Å². The molecule has 0 amide bonds. The molecular weight excluding hydrogens is 128 g/mol. The molecule has 0 aromatic heterocycles. The Hall–Kier alpha value is -0.346. The van der Waals surface area contributed by atoms with Crippen molar-refractivity contribution in [1.82, 2.24) is 0 Å². The summed E-state index contributed by atoms with van der Waals surface area (Å²) in [5, 5.41) is 1.44. The molecule has 8 heavy (non-hydrogen) atoms. The Morgan fingerprint density at radius 3 is 2.75 bits per heavy atom. The molecule has 0 heterocycles. The third kappa shape index (κ3) is 1.31. The summed E-state index contributed by atoms with van der Waals surface area (Å²) in [7, 11) is 2.16. The smallest absolute Gasteiger partial charge is 0.0398 e. The van der Waals surface area contributed by atoms with Gasteiger partial charge in [0.05, 0.1) is 0 Å².